The van der Waals surface area contributed by atoms with E-state index in [-0.39, 0.29) is 17.9 Å². The van der Waals surface area contributed by atoms with Crippen LogP contribution in [0.5, 0.6) is 0 Å². The summed E-state index contributed by atoms with van der Waals surface area (Å²) in [5.74, 6) is 0.975. The number of hydrogen-bond donors (Lipinski definition) is 2. The maximum atomic E-state index is 13.2. The summed E-state index contributed by atoms with van der Waals surface area (Å²) in [5, 5.41) is 7.61. The second-order valence-electron chi connectivity index (χ2n) is 12.0. The van der Waals surface area contributed by atoms with Crippen molar-refractivity contribution in [3.05, 3.63) is 41.9 Å². The third-order valence-electron chi connectivity index (χ3n) is 8.88. The van der Waals surface area contributed by atoms with E-state index >= 15 is 0 Å². The lowest BCUT2D eigenvalue weighted by atomic mass is 10.0. The van der Waals surface area contributed by atoms with Crippen LogP contribution in [0.3, 0.4) is 0 Å². The van der Waals surface area contributed by atoms with E-state index in [4.69, 9.17) is 4.98 Å². The highest BCUT2D eigenvalue weighted by molar-refractivity contribution is 5.98. The Morgan fingerprint density at radius 2 is 1.70 bits per heavy atom. The van der Waals surface area contributed by atoms with Crippen molar-refractivity contribution in [2.45, 2.75) is 62.7 Å². The molecule has 3 aliphatic heterocycles. The first-order valence-electron chi connectivity index (χ1n) is 14.5. The van der Waals surface area contributed by atoms with Crippen molar-refractivity contribution in [1.29, 1.82) is 0 Å². The van der Waals surface area contributed by atoms with E-state index < -0.39 is 0 Å². The van der Waals surface area contributed by atoms with Crippen LogP contribution >= 0.6 is 0 Å². The fourth-order valence-electron chi connectivity index (χ4n) is 6.63. The highest BCUT2D eigenvalue weighted by Crippen LogP contribution is 2.35. The number of likely N-dealkylation sites (tertiary alicyclic amines) is 2. The molecule has 6 heterocycles. The summed E-state index contributed by atoms with van der Waals surface area (Å²) in [7, 11) is 3.57. The standard InChI is InChI=1S/C29H37N9O2/c1-35(2)28(40)24-13-19-15-31-29(34-26(19)38(24)23-9-11-36(12-10-23)22-6-7-22)33-25-8-3-18(14-30-25)27(39)37-16-20-4-5-21(17-37)32-20/h3,8,13-15,20-23,32H,4-7,9-12,16-17H2,1-2H3,(H,30,31,33,34). The average Bonchev–Trinajstić information content (AvgIpc) is 3.68. The number of carbonyl (C=O) groups is 2. The number of fused-ring (bicyclic) bond motifs is 3. The minimum absolute atomic E-state index is 0.0266. The van der Waals surface area contributed by atoms with Gasteiger partial charge in [-0.25, -0.2) is 9.97 Å². The molecule has 0 spiro atoms. The van der Waals surface area contributed by atoms with Crippen LogP contribution in [0.2, 0.25) is 0 Å². The van der Waals surface area contributed by atoms with Crippen molar-refractivity contribution < 1.29 is 9.59 Å². The number of anilines is 2. The normalized spacial score (nSPS) is 23.5. The van der Waals surface area contributed by atoms with Crippen LogP contribution in [0.25, 0.3) is 11.0 Å². The third kappa shape index (κ3) is 4.81. The molecule has 4 aliphatic rings. The number of nitrogens with zero attached hydrogens (tertiary/aromatic N) is 7. The number of carbonyl (C=O) groups excluding carboxylic acids is 2. The Labute approximate surface area is 233 Å². The van der Waals surface area contributed by atoms with E-state index in [1.165, 1.54) is 12.8 Å². The van der Waals surface area contributed by atoms with Gasteiger partial charge in [0.2, 0.25) is 5.95 Å². The van der Waals surface area contributed by atoms with Crippen molar-refractivity contribution >= 4 is 34.6 Å². The lowest BCUT2D eigenvalue weighted by Crippen LogP contribution is -2.53. The molecule has 0 aromatic carbocycles. The molecule has 3 aromatic heterocycles. The quantitative estimate of drug-likeness (QED) is 0.488. The van der Waals surface area contributed by atoms with E-state index in [9.17, 15) is 9.59 Å². The van der Waals surface area contributed by atoms with Gasteiger partial charge in [0.05, 0.1) is 5.56 Å². The van der Waals surface area contributed by atoms with Gasteiger partial charge in [-0.3, -0.25) is 9.59 Å². The second kappa shape index (κ2) is 10.1. The van der Waals surface area contributed by atoms with E-state index in [2.05, 4.69) is 30.1 Å². The van der Waals surface area contributed by atoms with Crippen LogP contribution in [0, 0.1) is 0 Å². The summed E-state index contributed by atoms with van der Waals surface area (Å²) in [4.78, 5) is 46.2. The molecular weight excluding hydrogens is 506 g/mol. The third-order valence-corrected chi connectivity index (χ3v) is 8.88. The maximum Gasteiger partial charge on any atom is 0.270 e. The number of aromatic nitrogens is 4. The second-order valence-corrected chi connectivity index (χ2v) is 12.0. The summed E-state index contributed by atoms with van der Waals surface area (Å²) in [6, 6.07) is 7.29. The van der Waals surface area contributed by atoms with Crippen molar-refractivity contribution in [3.63, 3.8) is 0 Å². The van der Waals surface area contributed by atoms with Gasteiger partial charge >= 0.3 is 0 Å². The Bertz CT molecular complexity index is 1410. The van der Waals surface area contributed by atoms with Crippen LogP contribution in [0.4, 0.5) is 11.8 Å². The van der Waals surface area contributed by atoms with Gasteiger partial charge in [-0.15, -0.1) is 0 Å². The highest BCUT2D eigenvalue weighted by atomic mass is 16.2. The molecule has 2 unspecified atom stereocenters. The monoisotopic (exact) mass is 543 g/mol. The Morgan fingerprint density at radius 3 is 2.35 bits per heavy atom. The van der Waals surface area contributed by atoms with E-state index in [0.29, 0.717) is 35.1 Å². The molecule has 1 aliphatic carbocycles. The number of piperazine rings is 1. The molecule has 4 fully saturated rings. The van der Waals surface area contributed by atoms with Crippen molar-refractivity contribution in [3.8, 4) is 0 Å². The number of nitrogens with one attached hydrogen (secondary N) is 2. The first kappa shape index (κ1) is 25.4. The van der Waals surface area contributed by atoms with Crippen molar-refractivity contribution in [1.82, 2.24) is 39.5 Å². The van der Waals surface area contributed by atoms with Crippen molar-refractivity contribution in [2.75, 3.05) is 45.6 Å². The minimum Gasteiger partial charge on any atom is -0.343 e. The van der Waals surface area contributed by atoms with Gasteiger partial charge in [-0.05, 0) is 56.7 Å². The zero-order chi connectivity index (χ0) is 27.4. The predicted octanol–water partition coefficient (Wildman–Crippen LogP) is 2.65. The Morgan fingerprint density at radius 1 is 0.950 bits per heavy atom. The van der Waals surface area contributed by atoms with Gasteiger partial charge in [-0.2, -0.15) is 4.98 Å². The van der Waals surface area contributed by atoms with Gasteiger partial charge < -0.3 is 29.9 Å². The molecule has 7 rings (SSSR count). The fourth-order valence-corrected chi connectivity index (χ4v) is 6.63. The highest BCUT2D eigenvalue weighted by Gasteiger charge is 2.35. The van der Waals surface area contributed by atoms with Gasteiger partial charge in [-0.1, -0.05) is 0 Å². The van der Waals surface area contributed by atoms with Gasteiger partial charge in [0.15, 0.2) is 0 Å². The van der Waals surface area contributed by atoms with E-state index in [1.807, 2.05) is 17.0 Å². The summed E-state index contributed by atoms with van der Waals surface area (Å²) in [6.07, 6.45) is 10.3. The molecule has 210 valence electrons. The minimum atomic E-state index is -0.0310. The topological polar surface area (TPSA) is 112 Å². The van der Waals surface area contributed by atoms with Gasteiger partial charge in [0.1, 0.15) is 17.2 Å². The number of rotatable bonds is 6. The SMILES string of the molecule is CN(C)C(=O)c1cc2cnc(Nc3ccc(C(=O)N4CC5CCC(C4)N5)cn3)nc2n1C1CCN(C2CC2)CC1. The zero-order valence-electron chi connectivity index (χ0n) is 23.2. The Kier molecular flexibility index (Phi) is 6.42. The smallest absolute Gasteiger partial charge is 0.270 e. The van der Waals surface area contributed by atoms with Crippen LogP contribution in [0.1, 0.15) is 65.4 Å². The molecule has 2 N–H and O–H groups in total. The largest absolute Gasteiger partial charge is 0.343 e. The summed E-state index contributed by atoms with van der Waals surface area (Å²) in [5.41, 5.74) is 1.99. The van der Waals surface area contributed by atoms with E-state index in [0.717, 1.165) is 68.9 Å². The molecule has 2 amide bonds. The zero-order valence-corrected chi connectivity index (χ0v) is 23.2. The molecule has 11 heteroatoms. The summed E-state index contributed by atoms with van der Waals surface area (Å²) < 4.78 is 2.13. The van der Waals surface area contributed by atoms with Crippen molar-refractivity contribution in [2.24, 2.45) is 0 Å². The fraction of sp³-hybridized carbons (Fsp3) is 0.552. The molecular formula is C29H37N9O2. The predicted molar refractivity (Wildman–Crippen MR) is 152 cm³/mol. The molecule has 11 nitrogen and oxygen atoms in total. The number of hydrogen-bond acceptors (Lipinski definition) is 8. The van der Waals surface area contributed by atoms with Gasteiger partial charge in [0, 0.05) is 82.2 Å². The summed E-state index contributed by atoms with van der Waals surface area (Å²) >= 11 is 0. The van der Waals surface area contributed by atoms with Crippen LogP contribution < -0.4 is 10.6 Å². The first-order chi connectivity index (χ1) is 19.4. The maximum absolute atomic E-state index is 13.2. The van der Waals surface area contributed by atoms with Crippen LogP contribution in [-0.2, 0) is 0 Å². The molecule has 40 heavy (non-hydrogen) atoms. The first-order valence-corrected chi connectivity index (χ1v) is 14.5. The van der Waals surface area contributed by atoms with Crippen LogP contribution in [0.15, 0.2) is 30.6 Å². The number of piperidine rings is 1. The average molecular weight is 544 g/mol. The molecule has 2 bridgehead atoms. The van der Waals surface area contributed by atoms with Gasteiger partial charge in [0.25, 0.3) is 11.8 Å². The van der Waals surface area contributed by atoms with Crippen LogP contribution in [-0.4, -0.2) is 104 Å². The molecule has 3 saturated heterocycles. The molecule has 0 radical (unpaired) electrons. The summed E-state index contributed by atoms with van der Waals surface area (Å²) in [6.45, 7) is 3.59. The Balaban J connectivity index is 1.11. The molecule has 2 atom stereocenters. The lowest BCUT2D eigenvalue weighted by molar-refractivity contribution is 0.0697. The lowest BCUT2D eigenvalue weighted by Gasteiger charge is -2.33. The Hall–Kier alpha value is -3.57. The number of amides is 2. The number of pyridine rings is 1. The molecule has 3 aromatic rings. The van der Waals surface area contributed by atoms with E-state index in [1.54, 1.807) is 37.5 Å². The molecule has 1 saturated carbocycles.